The second kappa shape index (κ2) is 8.70. The lowest BCUT2D eigenvalue weighted by molar-refractivity contribution is -0.124. The van der Waals surface area contributed by atoms with E-state index >= 15 is 0 Å². The molecular formula is C22H29ClN6O2. The van der Waals surface area contributed by atoms with Gasteiger partial charge in [-0.15, -0.1) is 0 Å². The Kier molecular flexibility index (Phi) is 6.40. The fourth-order valence-corrected chi connectivity index (χ4v) is 4.27. The first kappa shape index (κ1) is 22.8. The van der Waals surface area contributed by atoms with Crippen molar-refractivity contribution < 1.29 is 4.79 Å². The molecule has 166 valence electrons. The van der Waals surface area contributed by atoms with Crippen molar-refractivity contribution in [2.45, 2.75) is 64.6 Å². The Hall–Kier alpha value is -2.87. The summed E-state index contributed by atoms with van der Waals surface area (Å²) < 4.78 is 1.49. The number of hydrogen-bond acceptors (Lipinski definition) is 5. The molecule has 2 heterocycles. The first-order chi connectivity index (χ1) is 14.5. The molecule has 1 aliphatic rings. The normalized spacial score (nSPS) is 17.6. The number of amides is 1. The smallest absolute Gasteiger partial charge is 0.294 e. The van der Waals surface area contributed by atoms with E-state index < -0.39 is 11.5 Å². The van der Waals surface area contributed by atoms with Gasteiger partial charge in [0.25, 0.3) is 5.56 Å². The fraction of sp³-hybridized carbons (Fsp3) is 0.455. The van der Waals surface area contributed by atoms with Crippen LogP contribution in [0.1, 0.15) is 63.4 Å². The molecule has 1 aromatic heterocycles. The number of rotatable bonds is 7. The van der Waals surface area contributed by atoms with Crippen LogP contribution < -0.4 is 21.9 Å². The summed E-state index contributed by atoms with van der Waals surface area (Å²) in [6.45, 7) is 8.18. The van der Waals surface area contributed by atoms with E-state index in [4.69, 9.17) is 22.7 Å². The maximum absolute atomic E-state index is 13.2. The van der Waals surface area contributed by atoms with Gasteiger partial charge in [-0.1, -0.05) is 56.6 Å². The SMILES string of the molecule is CCC(C)Nc1nc(Cl)c2n(c1=O)[C@@H](C(=O)NCc1ccc(C(=N)N)cc1)CC2(C)C. The van der Waals surface area contributed by atoms with Crippen molar-refractivity contribution in [3.8, 4) is 0 Å². The number of nitrogens with zero attached hydrogens (tertiary/aromatic N) is 2. The predicted octanol–water partition coefficient (Wildman–Crippen LogP) is 2.93. The number of nitrogen functional groups attached to an aromatic ring is 1. The number of hydrogen-bond donors (Lipinski definition) is 4. The third kappa shape index (κ3) is 4.58. The number of aromatic nitrogens is 2. The highest BCUT2D eigenvalue weighted by Gasteiger charge is 2.44. The highest BCUT2D eigenvalue weighted by Crippen LogP contribution is 2.42. The standard InChI is InChI=1S/C22H29ClN6O2/c1-5-12(2)27-19-21(31)29-15(10-22(3,4)16(29)17(23)28-19)20(30)26-11-13-6-8-14(9-7-13)18(24)25/h6-9,12,15H,5,10-11H2,1-4H3,(H3,24,25)(H,26,30)(H,27,28)/t12?,15-/m1/s1. The van der Waals surface area contributed by atoms with Gasteiger partial charge in [-0.3, -0.25) is 19.6 Å². The van der Waals surface area contributed by atoms with Crippen LogP contribution in [0.2, 0.25) is 5.15 Å². The molecule has 8 nitrogen and oxygen atoms in total. The lowest BCUT2D eigenvalue weighted by Gasteiger charge is -2.20. The van der Waals surface area contributed by atoms with Gasteiger partial charge in [0, 0.05) is 23.6 Å². The summed E-state index contributed by atoms with van der Waals surface area (Å²) in [4.78, 5) is 30.6. The van der Waals surface area contributed by atoms with Crippen molar-refractivity contribution in [2.75, 3.05) is 5.32 Å². The third-order valence-electron chi connectivity index (χ3n) is 5.75. The molecule has 2 atom stereocenters. The van der Waals surface area contributed by atoms with E-state index in [1.807, 2.05) is 39.8 Å². The number of benzene rings is 1. The number of nitrogens with two attached hydrogens (primary N) is 1. The van der Waals surface area contributed by atoms with Crippen LogP contribution in [0, 0.1) is 5.41 Å². The van der Waals surface area contributed by atoms with Crippen LogP contribution in [0.25, 0.3) is 0 Å². The Balaban J connectivity index is 1.87. The van der Waals surface area contributed by atoms with Crippen molar-refractivity contribution in [1.29, 1.82) is 5.41 Å². The number of anilines is 1. The van der Waals surface area contributed by atoms with Crippen molar-refractivity contribution in [1.82, 2.24) is 14.9 Å². The van der Waals surface area contributed by atoms with E-state index in [9.17, 15) is 9.59 Å². The summed E-state index contributed by atoms with van der Waals surface area (Å²) in [6.07, 6.45) is 1.27. The molecule has 31 heavy (non-hydrogen) atoms. The predicted molar refractivity (Wildman–Crippen MR) is 123 cm³/mol. The Labute approximate surface area is 186 Å². The van der Waals surface area contributed by atoms with Gasteiger partial charge in [-0.25, -0.2) is 4.98 Å². The van der Waals surface area contributed by atoms with Crippen LogP contribution in [0.15, 0.2) is 29.1 Å². The van der Waals surface area contributed by atoms with Gasteiger partial charge in [0.15, 0.2) is 11.0 Å². The lowest BCUT2D eigenvalue weighted by Crippen LogP contribution is -2.37. The van der Waals surface area contributed by atoms with Crippen LogP contribution in [0.5, 0.6) is 0 Å². The monoisotopic (exact) mass is 444 g/mol. The number of carbonyl (C=O) groups is 1. The van der Waals surface area contributed by atoms with Gasteiger partial charge in [0.2, 0.25) is 5.91 Å². The van der Waals surface area contributed by atoms with Gasteiger partial charge in [-0.05, 0) is 25.3 Å². The summed E-state index contributed by atoms with van der Waals surface area (Å²) in [5.41, 5.74) is 6.75. The Morgan fingerprint density at radius 2 is 2.03 bits per heavy atom. The molecule has 0 aliphatic carbocycles. The number of fused-ring (bicyclic) bond motifs is 1. The minimum absolute atomic E-state index is 0.00736. The van der Waals surface area contributed by atoms with Crippen molar-refractivity contribution >= 4 is 29.2 Å². The quantitative estimate of drug-likeness (QED) is 0.386. The Bertz CT molecular complexity index is 1060. The molecule has 1 amide bonds. The molecule has 1 aromatic carbocycles. The van der Waals surface area contributed by atoms with E-state index in [1.165, 1.54) is 4.57 Å². The number of halogens is 1. The molecular weight excluding hydrogens is 416 g/mol. The van der Waals surface area contributed by atoms with Crippen LogP contribution >= 0.6 is 11.6 Å². The highest BCUT2D eigenvalue weighted by atomic mass is 35.5. The van der Waals surface area contributed by atoms with E-state index in [-0.39, 0.29) is 34.3 Å². The molecule has 0 radical (unpaired) electrons. The van der Waals surface area contributed by atoms with E-state index in [1.54, 1.807) is 12.1 Å². The van der Waals surface area contributed by atoms with Crippen LogP contribution in [0.4, 0.5) is 5.82 Å². The zero-order valence-corrected chi connectivity index (χ0v) is 19.0. The molecule has 0 spiro atoms. The lowest BCUT2D eigenvalue weighted by atomic mass is 9.87. The van der Waals surface area contributed by atoms with Crippen LogP contribution in [-0.2, 0) is 16.8 Å². The van der Waals surface area contributed by atoms with E-state index in [0.717, 1.165) is 12.0 Å². The molecule has 1 unspecified atom stereocenters. The maximum atomic E-state index is 13.2. The first-order valence-electron chi connectivity index (χ1n) is 10.3. The van der Waals surface area contributed by atoms with Gasteiger partial charge >= 0.3 is 0 Å². The Morgan fingerprint density at radius 1 is 1.39 bits per heavy atom. The summed E-state index contributed by atoms with van der Waals surface area (Å²) in [6, 6.07) is 6.47. The molecule has 5 N–H and O–H groups in total. The minimum atomic E-state index is -0.674. The summed E-state index contributed by atoms with van der Waals surface area (Å²) in [7, 11) is 0. The molecule has 3 rings (SSSR count). The topological polar surface area (TPSA) is 126 Å². The highest BCUT2D eigenvalue weighted by molar-refractivity contribution is 6.30. The second-order valence-corrected chi connectivity index (χ2v) is 9.02. The molecule has 1 aliphatic heterocycles. The van der Waals surface area contributed by atoms with Crippen molar-refractivity contribution in [3.05, 3.63) is 56.6 Å². The number of nitrogens with one attached hydrogen (secondary N) is 3. The molecule has 9 heteroatoms. The van der Waals surface area contributed by atoms with Crippen LogP contribution in [-0.4, -0.2) is 27.3 Å². The third-order valence-corrected chi connectivity index (χ3v) is 6.02. The van der Waals surface area contributed by atoms with Crippen LogP contribution in [0.3, 0.4) is 0 Å². The maximum Gasteiger partial charge on any atom is 0.294 e. The zero-order valence-electron chi connectivity index (χ0n) is 18.3. The molecule has 0 fully saturated rings. The second-order valence-electron chi connectivity index (χ2n) is 8.66. The van der Waals surface area contributed by atoms with Gasteiger partial charge in [0.05, 0.1) is 5.69 Å². The van der Waals surface area contributed by atoms with E-state index in [0.29, 0.717) is 24.2 Å². The molecule has 0 bridgehead atoms. The summed E-state index contributed by atoms with van der Waals surface area (Å²) in [5.74, 6) is -0.0909. The zero-order chi connectivity index (χ0) is 22.9. The largest absolute Gasteiger partial charge is 0.384 e. The molecule has 0 saturated carbocycles. The van der Waals surface area contributed by atoms with Crippen molar-refractivity contribution in [3.63, 3.8) is 0 Å². The molecule has 0 saturated heterocycles. The fourth-order valence-electron chi connectivity index (χ4n) is 3.84. The van der Waals surface area contributed by atoms with Gasteiger partial charge < -0.3 is 16.4 Å². The van der Waals surface area contributed by atoms with Gasteiger partial charge in [-0.2, -0.15) is 0 Å². The summed E-state index contributed by atoms with van der Waals surface area (Å²) in [5, 5.41) is 13.7. The van der Waals surface area contributed by atoms with E-state index in [2.05, 4.69) is 15.6 Å². The minimum Gasteiger partial charge on any atom is -0.384 e. The summed E-state index contributed by atoms with van der Waals surface area (Å²) >= 11 is 6.47. The van der Waals surface area contributed by atoms with Gasteiger partial charge in [0.1, 0.15) is 11.9 Å². The average Bonchev–Trinajstić information content (AvgIpc) is 3.02. The van der Waals surface area contributed by atoms with Crippen molar-refractivity contribution in [2.24, 2.45) is 5.73 Å². The Morgan fingerprint density at radius 3 is 2.61 bits per heavy atom. The number of amidine groups is 1. The first-order valence-corrected chi connectivity index (χ1v) is 10.7. The number of carbonyl (C=O) groups excluding carboxylic acids is 1. The average molecular weight is 445 g/mol. The molecule has 2 aromatic rings.